The van der Waals surface area contributed by atoms with Gasteiger partial charge in [-0.05, 0) is 39.3 Å². The molecule has 2 aromatic carbocycles. The molecular weight excluding hydrogens is 324 g/mol. The molecule has 4 nitrogen and oxygen atoms in total. The number of nitrogens with zero attached hydrogens (tertiary/aromatic N) is 1. The summed E-state index contributed by atoms with van der Waals surface area (Å²) >= 11 is 0. The van der Waals surface area contributed by atoms with Crippen molar-refractivity contribution < 1.29 is 9.53 Å². The van der Waals surface area contributed by atoms with Crippen molar-refractivity contribution in [1.29, 1.82) is 0 Å². The van der Waals surface area contributed by atoms with Crippen LogP contribution >= 0.6 is 0 Å². The Labute approximate surface area is 157 Å². The molecule has 0 spiro atoms. The molecule has 26 heavy (non-hydrogen) atoms. The van der Waals surface area contributed by atoms with E-state index in [-0.39, 0.29) is 12.5 Å². The minimum atomic E-state index is -0.0969. The van der Waals surface area contributed by atoms with E-state index in [1.807, 2.05) is 54.6 Å². The first-order valence-corrected chi connectivity index (χ1v) is 9.28. The maximum absolute atomic E-state index is 12.1. The first-order chi connectivity index (χ1) is 12.5. The van der Waals surface area contributed by atoms with Gasteiger partial charge < -0.3 is 10.1 Å². The Morgan fingerprint density at radius 3 is 2.23 bits per heavy atom. The number of benzene rings is 2. The van der Waals surface area contributed by atoms with Crippen molar-refractivity contribution in [3.05, 3.63) is 54.6 Å². The first-order valence-electron chi connectivity index (χ1n) is 9.28. The number of hydrogen-bond donors (Lipinski definition) is 1. The average molecular weight is 354 g/mol. The van der Waals surface area contributed by atoms with Crippen LogP contribution in [-0.4, -0.2) is 42.6 Å². The zero-order valence-corrected chi connectivity index (χ0v) is 16.2. The fraction of sp³-hybridized carbons (Fsp3) is 0.409. The summed E-state index contributed by atoms with van der Waals surface area (Å²) in [7, 11) is 0. The lowest BCUT2D eigenvalue weighted by molar-refractivity contribution is -0.123. The average Bonchev–Trinajstić information content (AvgIpc) is 2.64. The van der Waals surface area contributed by atoms with E-state index in [0.29, 0.717) is 18.6 Å². The second-order valence-corrected chi connectivity index (χ2v) is 6.93. The fourth-order valence-electron chi connectivity index (χ4n) is 3.08. The highest BCUT2D eigenvalue weighted by atomic mass is 16.5. The third-order valence-electron chi connectivity index (χ3n) is 4.35. The van der Waals surface area contributed by atoms with Crippen LogP contribution in [0.15, 0.2) is 54.6 Å². The molecule has 0 aliphatic rings. The minimum absolute atomic E-state index is 0.0210. The van der Waals surface area contributed by atoms with Crippen LogP contribution in [0, 0.1) is 0 Å². The predicted octanol–water partition coefficient (Wildman–Crippen LogP) is 3.97. The fourth-order valence-corrected chi connectivity index (χ4v) is 3.08. The molecule has 0 saturated heterocycles. The molecule has 4 heteroatoms. The Hall–Kier alpha value is -2.33. The number of carbonyl (C=O) groups excluding carboxylic acids is 1. The number of nitrogens with one attached hydrogen (secondary N) is 1. The van der Waals surface area contributed by atoms with E-state index in [0.717, 1.165) is 23.4 Å². The van der Waals surface area contributed by atoms with E-state index in [2.05, 4.69) is 37.9 Å². The highest BCUT2D eigenvalue weighted by Crippen LogP contribution is 2.29. The Balaban J connectivity index is 1.87. The molecule has 1 amide bonds. The predicted molar refractivity (Wildman–Crippen MR) is 107 cm³/mol. The number of ether oxygens (including phenoxy) is 1. The van der Waals surface area contributed by atoms with Gasteiger partial charge in [0.05, 0.1) is 0 Å². The molecule has 0 radical (unpaired) electrons. The summed E-state index contributed by atoms with van der Waals surface area (Å²) in [6.07, 6.45) is 0. The van der Waals surface area contributed by atoms with Crippen LogP contribution in [-0.2, 0) is 4.79 Å². The first kappa shape index (κ1) is 20.0. The van der Waals surface area contributed by atoms with E-state index < -0.39 is 0 Å². The van der Waals surface area contributed by atoms with Crippen molar-refractivity contribution in [1.82, 2.24) is 10.2 Å². The van der Waals surface area contributed by atoms with Crippen molar-refractivity contribution in [2.75, 3.05) is 19.7 Å². The molecule has 0 bridgehead atoms. The van der Waals surface area contributed by atoms with Crippen LogP contribution in [0.4, 0.5) is 0 Å². The summed E-state index contributed by atoms with van der Waals surface area (Å²) in [5.41, 5.74) is 2.07. The van der Waals surface area contributed by atoms with Crippen molar-refractivity contribution in [3.8, 4) is 16.9 Å². The molecule has 140 valence electrons. The largest absolute Gasteiger partial charge is 0.483 e. The maximum atomic E-state index is 12.1. The highest BCUT2D eigenvalue weighted by molar-refractivity contribution is 5.78. The van der Waals surface area contributed by atoms with Gasteiger partial charge in [0.25, 0.3) is 5.91 Å². The second-order valence-electron chi connectivity index (χ2n) is 6.93. The monoisotopic (exact) mass is 354 g/mol. The van der Waals surface area contributed by atoms with Crippen LogP contribution in [0.1, 0.15) is 27.7 Å². The molecule has 1 N–H and O–H groups in total. The second kappa shape index (κ2) is 9.97. The van der Waals surface area contributed by atoms with Gasteiger partial charge in [-0.2, -0.15) is 0 Å². The van der Waals surface area contributed by atoms with E-state index in [1.54, 1.807) is 0 Å². The number of amides is 1. The van der Waals surface area contributed by atoms with Crippen molar-refractivity contribution >= 4 is 5.91 Å². The van der Waals surface area contributed by atoms with Crippen LogP contribution in [0.2, 0.25) is 0 Å². The van der Waals surface area contributed by atoms with Gasteiger partial charge in [-0.3, -0.25) is 9.69 Å². The number of rotatable bonds is 9. The smallest absolute Gasteiger partial charge is 0.257 e. The van der Waals surface area contributed by atoms with Gasteiger partial charge in [0.2, 0.25) is 0 Å². The van der Waals surface area contributed by atoms with Crippen molar-refractivity contribution in [2.45, 2.75) is 39.8 Å². The molecule has 2 rings (SSSR count). The van der Waals surface area contributed by atoms with Crippen molar-refractivity contribution in [2.24, 2.45) is 0 Å². The summed E-state index contributed by atoms with van der Waals surface area (Å²) in [6, 6.07) is 18.8. The van der Waals surface area contributed by atoms with E-state index in [9.17, 15) is 4.79 Å². The van der Waals surface area contributed by atoms with Gasteiger partial charge in [-0.15, -0.1) is 0 Å². The highest BCUT2D eigenvalue weighted by Gasteiger charge is 2.13. The normalized spacial score (nSPS) is 11.2. The van der Waals surface area contributed by atoms with Gasteiger partial charge in [0.15, 0.2) is 6.61 Å². The molecule has 0 aliphatic carbocycles. The number of carbonyl (C=O) groups is 1. The maximum Gasteiger partial charge on any atom is 0.257 e. The number of para-hydroxylation sites is 1. The standard InChI is InChI=1S/C22H30N2O2/c1-17(2)24(18(3)4)15-14-23-22(25)16-26-21-13-9-8-12-20(21)19-10-6-5-7-11-19/h5-13,17-18H,14-16H2,1-4H3,(H,23,25). The lowest BCUT2D eigenvalue weighted by atomic mass is 10.1. The zero-order valence-electron chi connectivity index (χ0n) is 16.2. The molecule has 2 aromatic rings. The van der Waals surface area contributed by atoms with Gasteiger partial charge in [0.1, 0.15) is 5.75 Å². The molecule has 0 aliphatic heterocycles. The molecule has 0 saturated carbocycles. The Kier molecular flexibility index (Phi) is 7.67. The molecule has 0 heterocycles. The summed E-state index contributed by atoms with van der Waals surface area (Å²) in [4.78, 5) is 14.5. The van der Waals surface area contributed by atoms with Gasteiger partial charge in [0, 0.05) is 30.7 Å². The third-order valence-corrected chi connectivity index (χ3v) is 4.35. The summed E-state index contributed by atoms with van der Waals surface area (Å²) < 4.78 is 5.78. The van der Waals surface area contributed by atoms with E-state index in [1.165, 1.54) is 0 Å². The van der Waals surface area contributed by atoms with Gasteiger partial charge >= 0.3 is 0 Å². The molecule has 0 fully saturated rings. The lowest BCUT2D eigenvalue weighted by Crippen LogP contribution is -2.43. The van der Waals surface area contributed by atoms with Crippen molar-refractivity contribution in [3.63, 3.8) is 0 Å². The molecular formula is C22H30N2O2. The van der Waals surface area contributed by atoms with Crippen LogP contribution in [0.25, 0.3) is 11.1 Å². The van der Waals surface area contributed by atoms with Crippen LogP contribution in [0.3, 0.4) is 0 Å². The lowest BCUT2D eigenvalue weighted by Gasteiger charge is -2.30. The number of hydrogen-bond acceptors (Lipinski definition) is 3. The van der Waals surface area contributed by atoms with Gasteiger partial charge in [-0.1, -0.05) is 48.5 Å². The third kappa shape index (κ3) is 5.88. The van der Waals surface area contributed by atoms with E-state index in [4.69, 9.17) is 4.74 Å². The summed E-state index contributed by atoms with van der Waals surface area (Å²) in [6.45, 7) is 10.2. The Bertz CT molecular complexity index is 676. The zero-order chi connectivity index (χ0) is 18.9. The SMILES string of the molecule is CC(C)N(CCNC(=O)COc1ccccc1-c1ccccc1)C(C)C. The molecule has 0 aromatic heterocycles. The molecule has 0 atom stereocenters. The Morgan fingerprint density at radius 2 is 1.58 bits per heavy atom. The summed E-state index contributed by atoms with van der Waals surface area (Å²) in [5, 5.41) is 2.95. The van der Waals surface area contributed by atoms with Crippen LogP contribution < -0.4 is 10.1 Å². The summed E-state index contributed by atoms with van der Waals surface area (Å²) in [5.74, 6) is 0.625. The van der Waals surface area contributed by atoms with Gasteiger partial charge in [-0.25, -0.2) is 0 Å². The minimum Gasteiger partial charge on any atom is -0.483 e. The van der Waals surface area contributed by atoms with Crippen LogP contribution in [0.5, 0.6) is 5.75 Å². The van der Waals surface area contributed by atoms with E-state index >= 15 is 0 Å². The Morgan fingerprint density at radius 1 is 0.962 bits per heavy atom. The topological polar surface area (TPSA) is 41.6 Å². The quantitative estimate of drug-likeness (QED) is 0.741. The molecule has 0 unspecified atom stereocenters.